The van der Waals surface area contributed by atoms with E-state index in [2.05, 4.69) is 6.07 Å². The van der Waals surface area contributed by atoms with Crippen LogP contribution in [0, 0.1) is 18.3 Å². The van der Waals surface area contributed by atoms with Crippen LogP contribution in [0.25, 0.3) is 11.1 Å². The number of hydrogen-bond donors (Lipinski definition) is 0. The molecule has 138 valence electrons. The van der Waals surface area contributed by atoms with Gasteiger partial charge in [-0.05, 0) is 54.4 Å². The largest absolute Gasteiger partial charge is 0.426 e. The molecule has 0 N–H and O–H groups in total. The number of benzene rings is 3. The van der Waals surface area contributed by atoms with Crippen LogP contribution in [0.1, 0.15) is 17.5 Å². The highest BCUT2D eigenvalue weighted by Gasteiger charge is 2.14. The molecule has 0 saturated heterocycles. The summed E-state index contributed by atoms with van der Waals surface area (Å²) in [6.45, 7) is 1.93. The average molecular weight is 371 g/mol. The van der Waals surface area contributed by atoms with Crippen molar-refractivity contribution in [3.05, 3.63) is 83.9 Å². The first-order valence-electron chi connectivity index (χ1n) is 8.62. The Kier molecular flexibility index (Phi) is 5.83. The molecule has 5 nitrogen and oxygen atoms in total. The molecule has 0 bridgehead atoms. The van der Waals surface area contributed by atoms with Crippen molar-refractivity contribution in [2.24, 2.45) is 0 Å². The number of carbonyl (C=O) groups excluding carboxylic acids is 2. The monoisotopic (exact) mass is 371 g/mol. The molecular weight excluding hydrogens is 354 g/mol. The van der Waals surface area contributed by atoms with Gasteiger partial charge in [0.15, 0.2) is 0 Å². The maximum Gasteiger partial charge on any atom is 0.322 e. The van der Waals surface area contributed by atoms with Gasteiger partial charge in [-0.2, -0.15) is 5.26 Å². The first-order chi connectivity index (χ1) is 13.5. The summed E-state index contributed by atoms with van der Waals surface area (Å²) in [4.78, 5) is 23.8. The van der Waals surface area contributed by atoms with Crippen LogP contribution in [-0.4, -0.2) is 11.9 Å². The fraction of sp³-hybridized carbons (Fsp3) is 0.0870. The number of esters is 2. The number of rotatable bonds is 5. The number of aryl methyl sites for hydroxylation is 1. The van der Waals surface area contributed by atoms with Gasteiger partial charge in [-0.15, -0.1) is 0 Å². The molecule has 3 aromatic rings. The molecule has 5 heteroatoms. The molecule has 28 heavy (non-hydrogen) atoms. The highest BCUT2D eigenvalue weighted by Crippen LogP contribution is 2.23. The second kappa shape index (κ2) is 8.65. The van der Waals surface area contributed by atoms with Crippen molar-refractivity contribution in [2.45, 2.75) is 13.3 Å². The summed E-state index contributed by atoms with van der Waals surface area (Å²) in [5.74, 6) is -0.646. The summed E-state index contributed by atoms with van der Waals surface area (Å²) >= 11 is 0. The van der Waals surface area contributed by atoms with Crippen LogP contribution in [0.4, 0.5) is 0 Å². The van der Waals surface area contributed by atoms with Crippen LogP contribution in [0.3, 0.4) is 0 Å². The number of carbonyl (C=O) groups is 2. The Bertz CT molecular complexity index is 1010. The Balaban J connectivity index is 1.55. The molecule has 0 spiro atoms. The van der Waals surface area contributed by atoms with Gasteiger partial charge in [-0.1, -0.05) is 42.0 Å². The molecule has 0 aliphatic rings. The van der Waals surface area contributed by atoms with E-state index >= 15 is 0 Å². The molecule has 0 atom stereocenters. The minimum atomic E-state index is -0.691. The van der Waals surface area contributed by atoms with Gasteiger partial charge in [0, 0.05) is 0 Å². The van der Waals surface area contributed by atoms with Crippen molar-refractivity contribution in [1.29, 1.82) is 5.26 Å². The predicted octanol–water partition coefficient (Wildman–Crippen LogP) is 4.43. The van der Waals surface area contributed by atoms with E-state index in [0.29, 0.717) is 17.1 Å². The third-order valence-electron chi connectivity index (χ3n) is 3.97. The summed E-state index contributed by atoms with van der Waals surface area (Å²) < 4.78 is 10.3. The van der Waals surface area contributed by atoms with Gasteiger partial charge in [0.05, 0.1) is 11.6 Å². The Morgan fingerprint density at radius 1 is 0.750 bits per heavy atom. The third-order valence-corrected chi connectivity index (χ3v) is 3.97. The quantitative estimate of drug-likeness (QED) is 0.377. The Morgan fingerprint density at radius 2 is 1.18 bits per heavy atom. The second-order valence-corrected chi connectivity index (χ2v) is 6.15. The fourth-order valence-corrected chi connectivity index (χ4v) is 2.51. The maximum atomic E-state index is 11.9. The van der Waals surface area contributed by atoms with Crippen LogP contribution >= 0.6 is 0 Å². The van der Waals surface area contributed by atoms with Gasteiger partial charge in [-0.25, -0.2) is 0 Å². The van der Waals surface area contributed by atoms with Gasteiger partial charge in [0.25, 0.3) is 0 Å². The van der Waals surface area contributed by atoms with E-state index in [1.165, 1.54) is 0 Å². The normalized spacial score (nSPS) is 10.0. The second-order valence-electron chi connectivity index (χ2n) is 6.15. The van der Waals surface area contributed by atoms with Crippen LogP contribution in [-0.2, 0) is 9.59 Å². The highest BCUT2D eigenvalue weighted by molar-refractivity contribution is 5.93. The average Bonchev–Trinajstić information content (AvgIpc) is 2.70. The summed E-state index contributed by atoms with van der Waals surface area (Å²) in [6, 6.07) is 23.1. The van der Waals surface area contributed by atoms with Crippen LogP contribution in [0.15, 0.2) is 72.8 Å². The van der Waals surface area contributed by atoms with Crippen LogP contribution in [0.2, 0.25) is 0 Å². The lowest BCUT2D eigenvalue weighted by Crippen LogP contribution is -2.18. The van der Waals surface area contributed by atoms with Gasteiger partial charge < -0.3 is 9.47 Å². The minimum absolute atomic E-state index is 0.338. The Morgan fingerprint density at radius 3 is 1.64 bits per heavy atom. The zero-order valence-corrected chi connectivity index (χ0v) is 15.2. The van der Waals surface area contributed by atoms with Crippen molar-refractivity contribution < 1.29 is 19.1 Å². The number of hydrogen-bond acceptors (Lipinski definition) is 5. The number of ether oxygens (including phenoxy) is 2. The molecule has 0 amide bonds. The third kappa shape index (κ3) is 5.05. The molecule has 0 aliphatic carbocycles. The minimum Gasteiger partial charge on any atom is -0.426 e. The summed E-state index contributed by atoms with van der Waals surface area (Å²) in [5, 5.41) is 8.84. The molecule has 3 aromatic carbocycles. The lowest BCUT2D eigenvalue weighted by Gasteiger charge is -2.07. The Labute approximate surface area is 162 Å². The summed E-state index contributed by atoms with van der Waals surface area (Å²) in [7, 11) is 0. The van der Waals surface area contributed by atoms with E-state index in [0.717, 1.165) is 16.7 Å². The first-order valence-corrected chi connectivity index (χ1v) is 8.62. The topological polar surface area (TPSA) is 76.4 Å². The van der Waals surface area contributed by atoms with E-state index in [9.17, 15) is 9.59 Å². The molecule has 0 radical (unpaired) electrons. The Hall–Kier alpha value is -3.91. The molecule has 3 rings (SSSR count). The van der Waals surface area contributed by atoms with E-state index in [-0.39, 0.29) is 0 Å². The zero-order chi connectivity index (χ0) is 19.9. The van der Waals surface area contributed by atoms with Crippen LogP contribution < -0.4 is 9.47 Å². The van der Waals surface area contributed by atoms with E-state index in [1.807, 2.05) is 31.2 Å². The van der Waals surface area contributed by atoms with E-state index in [4.69, 9.17) is 14.7 Å². The van der Waals surface area contributed by atoms with Crippen molar-refractivity contribution in [2.75, 3.05) is 0 Å². The van der Waals surface area contributed by atoms with Crippen LogP contribution in [0.5, 0.6) is 11.5 Å². The molecule has 0 aromatic heterocycles. The SMILES string of the molecule is Cc1ccc(OC(=O)CC(=O)Oc2ccc(-c3ccc(C#N)cc3)cc2)cc1. The first kappa shape index (κ1) is 18.9. The van der Waals surface area contributed by atoms with Gasteiger partial charge in [-0.3, -0.25) is 9.59 Å². The molecule has 0 heterocycles. The zero-order valence-electron chi connectivity index (χ0n) is 15.2. The van der Waals surface area contributed by atoms with E-state index < -0.39 is 18.4 Å². The lowest BCUT2D eigenvalue weighted by atomic mass is 10.0. The van der Waals surface area contributed by atoms with Crippen molar-refractivity contribution in [3.8, 4) is 28.7 Å². The smallest absolute Gasteiger partial charge is 0.322 e. The van der Waals surface area contributed by atoms with Gasteiger partial charge in [0.2, 0.25) is 0 Å². The highest BCUT2D eigenvalue weighted by atomic mass is 16.6. The molecule has 0 fully saturated rings. The number of nitrogens with zero attached hydrogens (tertiary/aromatic N) is 1. The molecule has 0 saturated carbocycles. The lowest BCUT2D eigenvalue weighted by molar-refractivity contribution is -0.144. The maximum absolute atomic E-state index is 11.9. The predicted molar refractivity (Wildman–Crippen MR) is 104 cm³/mol. The fourth-order valence-electron chi connectivity index (χ4n) is 2.51. The summed E-state index contributed by atoms with van der Waals surface area (Å²) in [5.41, 5.74) is 3.50. The summed E-state index contributed by atoms with van der Waals surface area (Å²) in [6.07, 6.45) is -0.481. The van der Waals surface area contributed by atoms with Crippen molar-refractivity contribution in [1.82, 2.24) is 0 Å². The molecular formula is C23H17NO4. The van der Waals surface area contributed by atoms with Crippen molar-refractivity contribution >= 4 is 11.9 Å². The van der Waals surface area contributed by atoms with Gasteiger partial charge in [0.1, 0.15) is 17.9 Å². The standard InChI is InChI=1S/C23H17NO4/c1-16-2-10-20(11-3-16)27-22(25)14-23(26)28-21-12-8-19(9-13-21)18-6-4-17(15-24)5-7-18/h2-13H,14H2,1H3. The molecule has 0 aliphatic heterocycles. The molecule has 0 unspecified atom stereocenters. The van der Waals surface area contributed by atoms with E-state index in [1.54, 1.807) is 48.5 Å². The van der Waals surface area contributed by atoms with Crippen molar-refractivity contribution in [3.63, 3.8) is 0 Å². The number of nitriles is 1. The van der Waals surface area contributed by atoms with Gasteiger partial charge >= 0.3 is 11.9 Å².